The first kappa shape index (κ1) is 23.8. The van der Waals surface area contributed by atoms with Gasteiger partial charge in [0.25, 0.3) is 5.56 Å². The van der Waals surface area contributed by atoms with Crippen molar-refractivity contribution in [1.29, 1.82) is 0 Å². The predicted molar refractivity (Wildman–Crippen MR) is 106 cm³/mol. The average molecular weight is 471 g/mol. The molecule has 1 N–H and O–H groups in total. The summed E-state index contributed by atoms with van der Waals surface area (Å²) in [4.78, 5) is 24.4. The van der Waals surface area contributed by atoms with E-state index in [1.165, 1.54) is 13.2 Å². The van der Waals surface area contributed by atoms with E-state index in [1.807, 2.05) is 5.32 Å². The molecule has 1 heterocycles. The maximum Gasteiger partial charge on any atom is 0.416 e. The molecule has 3 aromatic rings. The van der Waals surface area contributed by atoms with E-state index in [-0.39, 0.29) is 6.07 Å². The minimum absolute atomic E-state index is 0.0555. The zero-order chi connectivity index (χ0) is 24.4. The summed E-state index contributed by atoms with van der Waals surface area (Å²) in [6.45, 7) is -0.736. The minimum atomic E-state index is -5.06. The molecule has 3 rings (SSSR count). The van der Waals surface area contributed by atoms with Gasteiger partial charge < -0.3 is 10.1 Å². The molecular formula is C21H15F6N3O3. The fourth-order valence-electron chi connectivity index (χ4n) is 2.84. The van der Waals surface area contributed by atoms with Crippen LogP contribution in [0.15, 0.2) is 59.4 Å². The van der Waals surface area contributed by atoms with Crippen LogP contribution in [0.1, 0.15) is 11.1 Å². The van der Waals surface area contributed by atoms with Crippen LogP contribution >= 0.6 is 0 Å². The molecule has 0 aliphatic heterocycles. The Morgan fingerprint density at radius 2 is 1.52 bits per heavy atom. The van der Waals surface area contributed by atoms with Crippen LogP contribution in [0.25, 0.3) is 11.3 Å². The summed E-state index contributed by atoms with van der Waals surface area (Å²) in [6, 6.07) is 9.81. The number of hydrogen-bond donors (Lipinski definition) is 1. The number of carbonyl (C=O) groups excluding carboxylic acids is 1. The Morgan fingerprint density at radius 1 is 0.939 bits per heavy atom. The highest BCUT2D eigenvalue weighted by Gasteiger charge is 2.37. The summed E-state index contributed by atoms with van der Waals surface area (Å²) in [5.74, 6) is -0.463. The second-order valence-corrected chi connectivity index (χ2v) is 6.79. The highest BCUT2D eigenvalue weighted by atomic mass is 19.4. The van der Waals surface area contributed by atoms with Crippen molar-refractivity contribution < 1.29 is 35.9 Å². The summed E-state index contributed by atoms with van der Waals surface area (Å²) in [5, 5.41) is 6.00. The molecule has 0 spiro atoms. The lowest BCUT2D eigenvalue weighted by atomic mass is 10.1. The Balaban J connectivity index is 1.85. The topological polar surface area (TPSA) is 73.2 Å². The maximum absolute atomic E-state index is 13.0. The van der Waals surface area contributed by atoms with Crippen LogP contribution in [0, 0.1) is 0 Å². The second-order valence-electron chi connectivity index (χ2n) is 6.79. The van der Waals surface area contributed by atoms with Crippen molar-refractivity contribution in [2.75, 3.05) is 12.4 Å². The molecule has 0 aliphatic carbocycles. The van der Waals surface area contributed by atoms with E-state index < -0.39 is 47.2 Å². The molecule has 0 saturated carbocycles. The normalized spacial score (nSPS) is 11.8. The summed E-state index contributed by atoms with van der Waals surface area (Å²) >= 11 is 0. The molecule has 0 fully saturated rings. The molecule has 1 amide bonds. The van der Waals surface area contributed by atoms with E-state index in [0.717, 1.165) is 10.7 Å². The van der Waals surface area contributed by atoms with Crippen molar-refractivity contribution in [3.63, 3.8) is 0 Å². The highest BCUT2D eigenvalue weighted by Crippen LogP contribution is 2.37. The first-order valence-electron chi connectivity index (χ1n) is 9.19. The van der Waals surface area contributed by atoms with E-state index in [9.17, 15) is 35.9 Å². The molecule has 0 atom stereocenters. The molecule has 0 bridgehead atoms. The lowest BCUT2D eigenvalue weighted by Gasteiger charge is -2.15. The largest absolute Gasteiger partial charge is 0.497 e. The van der Waals surface area contributed by atoms with Crippen molar-refractivity contribution in [3.8, 4) is 17.0 Å². The zero-order valence-electron chi connectivity index (χ0n) is 16.8. The number of alkyl halides is 6. The molecule has 174 valence electrons. The SMILES string of the molecule is COc1ccc(-c2ccc(=O)n(CC(=O)Nc3cc(C(F)(F)F)cc(C(F)(F)F)c3)n2)cc1. The third-order valence-corrected chi connectivity index (χ3v) is 4.42. The number of carbonyl (C=O) groups is 1. The molecule has 0 aliphatic rings. The van der Waals surface area contributed by atoms with Crippen molar-refractivity contribution in [2.45, 2.75) is 18.9 Å². The minimum Gasteiger partial charge on any atom is -0.497 e. The van der Waals surface area contributed by atoms with Crippen molar-refractivity contribution >= 4 is 11.6 Å². The standard InChI is InChI=1S/C21H15F6N3O3/c1-33-16-4-2-12(3-5-16)17-6-7-19(32)30(29-17)11-18(31)28-15-9-13(20(22,23)24)8-14(10-15)21(25,26)27/h2-10H,11H2,1H3,(H,28,31). The summed E-state index contributed by atoms with van der Waals surface area (Å²) < 4.78 is 83.7. The van der Waals surface area contributed by atoms with Gasteiger partial charge in [0.05, 0.1) is 23.9 Å². The Labute approximate surface area is 182 Å². The van der Waals surface area contributed by atoms with Gasteiger partial charge in [-0.25, -0.2) is 4.68 Å². The lowest BCUT2D eigenvalue weighted by molar-refractivity contribution is -0.143. The van der Waals surface area contributed by atoms with Crippen LogP contribution in [0.3, 0.4) is 0 Å². The number of methoxy groups -OCH3 is 1. The van der Waals surface area contributed by atoms with Crippen LogP contribution in [0.4, 0.5) is 32.0 Å². The fraction of sp³-hybridized carbons (Fsp3) is 0.190. The number of benzene rings is 2. The first-order valence-corrected chi connectivity index (χ1v) is 9.19. The van der Waals surface area contributed by atoms with Gasteiger partial charge in [0.2, 0.25) is 5.91 Å². The Kier molecular flexibility index (Phi) is 6.47. The number of anilines is 1. The van der Waals surface area contributed by atoms with Gasteiger partial charge in [-0.05, 0) is 48.5 Å². The number of ether oxygens (including phenoxy) is 1. The van der Waals surface area contributed by atoms with E-state index in [4.69, 9.17) is 4.74 Å². The van der Waals surface area contributed by atoms with Crippen LogP contribution in [0.5, 0.6) is 5.75 Å². The number of amides is 1. The second kappa shape index (κ2) is 8.96. The van der Waals surface area contributed by atoms with Crippen LogP contribution in [-0.2, 0) is 23.7 Å². The van der Waals surface area contributed by atoms with Gasteiger partial charge in [0, 0.05) is 17.3 Å². The molecule has 2 aromatic carbocycles. The third-order valence-electron chi connectivity index (χ3n) is 4.42. The monoisotopic (exact) mass is 471 g/mol. The Hall–Kier alpha value is -3.83. The molecule has 0 unspecified atom stereocenters. The van der Waals surface area contributed by atoms with Gasteiger partial charge in [-0.15, -0.1) is 0 Å². The van der Waals surface area contributed by atoms with Gasteiger partial charge >= 0.3 is 12.4 Å². The predicted octanol–water partition coefficient (Wildman–Crippen LogP) is 4.60. The van der Waals surface area contributed by atoms with Crippen LogP contribution < -0.4 is 15.6 Å². The average Bonchev–Trinajstić information content (AvgIpc) is 2.74. The van der Waals surface area contributed by atoms with E-state index in [1.54, 1.807) is 24.3 Å². The molecule has 0 saturated heterocycles. The zero-order valence-corrected chi connectivity index (χ0v) is 16.8. The van der Waals surface area contributed by atoms with Gasteiger partial charge in [0.15, 0.2) is 0 Å². The summed E-state index contributed by atoms with van der Waals surface area (Å²) in [6.07, 6.45) is -10.1. The number of rotatable bonds is 5. The Bertz CT molecular complexity index is 1190. The van der Waals surface area contributed by atoms with Crippen molar-refractivity contribution in [3.05, 3.63) is 76.1 Å². The highest BCUT2D eigenvalue weighted by molar-refractivity contribution is 5.90. The lowest BCUT2D eigenvalue weighted by Crippen LogP contribution is -2.29. The quantitative estimate of drug-likeness (QED) is 0.553. The molecule has 12 heteroatoms. The number of halogens is 6. The first-order chi connectivity index (χ1) is 15.4. The summed E-state index contributed by atoms with van der Waals surface area (Å²) in [7, 11) is 1.48. The van der Waals surface area contributed by atoms with E-state index >= 15 is 0 Å². The van der Waals surface area contributed by atoms with Gasteiger partial charge in [0.1, 0.15) is 12.3 Å². The van der Waals surface area contributed by atoms with Gasteiger partial charge in [-0.3, -0.25) is 9.59 Å². The number of nitrogens with one attached hydrogen (secondary N) is 1. The number of hydrogen-bond acceptors (Lipinski definition) is 4. The van der Waals surface area contributed by atoms with Crippen molar-refractivity contribution in [1.82, 2.24) is 9.78 Å². The molecule has 0 radical (unpaired) electrons. The fourth-order valence-corrected chi connectivity index (χ4v) is 2.84. The number of aromatic nitrogens is 2. The van der Waals surface area contributed by atoms with Crippen molar-refractivity contribution in [2.24, 2.45) is 0 Å². The van der Waals surface area contributed by atoms with E-state index in [0.29, 0.717) is 29.1 Å². The molecule has 33 heavy (non-hydrogen) atoms. The molecule has 6 nitrogen and oxygen atoms in total. The van der Waals surface area contributed by atoms with Crippen LogP contribution in [0.2, 0.25) is 0 Å². The maximum atomic E-state index is 13.0. The van der Waals surface area contributed by atoms with E-state index in [2.05, 4.69) is 5.10 Å². The third kappa shape index (κ3) is 5.90. The Morgan fingerprint density at radius 3 is 2.03 bits per heavy atom. The van der Waals surface area contributed by atoms with Gasteiger partial charge in [-0.1, -0.05) is 0 Å². The number of nitrogens with zero attached hydrogens (tertiary/aromatic N) is 2. The molecular weight excluding hydrogens is 456 g/mol. The summed E-state index contributed by atoms with van der Waals surface area (Å²) in [5.41, 5.74) is -3.68. The van der Waals surface area contributed by atoms with Gasteiger partial charge in [-0.2, -0.15) is 31.4 Å². The smallest absolute Gasteiger partial charge is 0.416 e. The van der Waals surface area contributed by atoms with Crippen LogP contribution in [-0.4, -0.2) is 22.8 Å². The molecule has 1 aromatic heterocycles.